The van der Waals surface area contributed by atoms with E-state index >= 15 is 0 Å². The van der Waals surface area contributed by atoms with Gasteiger partial charge in [0, 0.05) is 6.61 Å². The predicted octanol–water partition coefficient (Wildman–Crippen LogP) is 1.81. The van der Waals surface area contributed by atoms with Crippen molar-refractivity contribution in [3.63, 3.8) is 0 Å². The highest BCUT2D eigenvalue weighted by Gasteiger charge is 2.24. The molecule has 0 aromatic rings. The standard InChI is InChI=1S/C8H16O/c1-2-7-4-3-5-8(7)6-9/h7-9H,2-6H2,1H3/t7?,8-/m0/s1. The lowest BCUT2D eigenvalue weighted by molar-refractivity contribution is 0.192. The fourth-order valence-electron chi connectivity index (χ4n) is 1.89. The third kappa shape index (κ3) is 1.45. The van der Waals surface area contributed by atoms with Gasteiger partial charge in [-0.05, 0) is 18.3 Å². The minimum absolute atomic E-state index is 0.415. The molecule has 0 amide bonds. The number of aliphatic hydroxyl groups excluding tert-OH is 1. The minimum atomic E-state index is 0.415. The number of hydrogen-bond donors (Lipinski definition) is 1. The minimum Gasteiger partial charge on any atom is -0.396 e. The van der Waals surface area contributed by atoms with Crippen molar-refractivity contribution in [1.82, 2.24) is 0 Å². The van der Waals surface area contributed by atoms with E-state index in [1.54, 1.807) is 0 Å². The first-order chi connectivity index (χ1) is 4.38. The van der Waals surface area contributed by atoms with E-state index in [4.69, 9.17) is 5.11 Å². The second-order valence-corrected chi connectivity index (χ2v) is 3.04. The summed E-state index contributed by atoms with van der Waals surface area (Å²) in [6.45, 7) is 2.64. The number of rotatable bonds is 2. The van der Waals surface area contributed by atoms with Gasteiger partial charge in [-0.25, -0.2) is 0 Å². The van der Waals surface area contributed by atoms with E-state index in [0.717, 1.165) is 5.92 Å². The van der Waals surface area contributed by atoms with Crippen LogP contribution in [0.2, 0.25) is 0 Å². The summed E-state index contributed by atoms with van der Waals surface area (Å²) in [5.74, 6) is 1.46. The van der Waals surface area contributed by atoms with Gasteiger partial charge in [0.1, 0.15) is 0 Å². The Bertz CT molecular complexity index is 70.6. The van der Waals surface area contributed by atoms with Crippen molar-refractivity contribution in [2.24, 2.45) is 11.8 Å². The molecule has 0 saturated heterocycles. The zero-order valence-electron chi connectivity index (χ0n) is 6.14. The molecule has 1 fully saturated rings. The summed E-state index contributed by atoms with van der Waals surface area (Å²) < 4.78 is 0. The van der Waals surface area contributed by atoms with Crippen molar-refractivity contribution in [2.75, 3.05) is 6.61 Å². The number of hydrogen-bond acceptors (Lipinski definition) is 1. The van der Waals surface area contributed by atoms with Crippen molar-refractivity contribution >= 4 is 0 Å². The normalized spacial score (nSPS) is 35.3. The van der Waals surface area contributed by atoms with Crippen molar-refractivity contribution < 1.29 is 5.11 Å². The Labute approximate surface area is 57.1 Å². The Morgan fingerprint density at radius 1 is 1.33 bits per heavy atom. The van der Waals surface area contributed by atoms with E-state index < -0.39 is 0 Å². The van der Waals surface area contributed by atoms with Crippen LogP contribution in [0.3, 0.4) is 0 Å². The van der Waals surface area contributed by atoms with Gasteiger partial charge in [0.25, 0.3) is 0 Å². The molecule has 0 bridgehead atoms. The van der Waals surface area contributed by atoms with E-state index in [9.17, 15) is 0 Å². The summed E-state index contributed by atoms with van der Waals surface area (Å²) in [5.41, 5.74) is 0. The lowest BCUT2D eigenvalue weighted by Gasteiger charge is -2.13. The van der Waals surface area contributed by atoms with Crippen LogP contribution in [-0.2, 0) is 0 Å². The van der Waals surface area contributed by atoms with E-state index in [1.165, 1.54) is 25.7 Å². The third-order valence-corrected chi connectivity index (χ3v) is 2.58. The van der Waals surface area contributed by atoms with Crippen LogP contribution in [0.5, 0.6) is 0 Å². The second-order valence-electron chi connectivity index (χ2n) is 3.04. The highest BCUT2D eigenvalue weighted by molar-refractivity contribution is 4.75. The monoisotopic (exact) mass is 128 g/mol. The lowest BCUT2D eigenvalue weighted by Crippen LogP contribution is -2.10. The molecule has 1 N–H and O–H groups in total. The van der Waals surface area contributed by atoms with Crippen molar-refractivity contribution in [2.45, 2.75) is 32.6 Å². The second kappa shape index (κ2) is 3.21. The molecule has 1 saturated carbocycles. The summed E-state index contributed by atoms with van der Waals surface area (Å²) in [5, 5.41) is 8.87. The van der Waals surface area contributed by atoms with E-state index in [-0.39, 0.29) is 0 Å². The molecule has 1 rings (SSSR count). The maximum Gasteiger partial charge on any atom is 0.0461 e. The van der Waals surface area contributed by atoms with Crippen LogP contribution in [0.4, 0.5) is 0 Å². The topological polar surface area (TPSA) is 20.2 Å². The molecule has 0 radical (unpaired) electrons. The molecule has 2 atom stereocenters. The molecule has 1 aliphatic rings. The van der Waals surface area contributed by atoms with Gasteiger partial charge >= 0.3 is 0 Å². The average molecular weight is 128 g/mol. The molecule has 9 heavy (non-hydrogen) atoms. The first kappa shape index (κ1) is 7.07. The average Bonchev–Trinajstić information content (AvgIpc) is 2.33. The van der Waals surface area contributed by atoms with Gasteiger partial charge in [0.2, 0.25) is 0 Å². The van der Waals surface area contributed by atoms with Gasteiger partial charge in [0.15, 0.2) is 0 Å². The van der Waals surface area contributed by atoms with Crippen LogP contribution < -0.4 is 0 Å². The Morgan fingerprint density at radius 2 is 2.00 bits per heavy atom. The molecule has 1 unspecified atom stereocenters. The van der Waals surface area contributed by atoms with Crippen molar-refractivity contribution in [1.29, 1.82) is 0 Å². The highest BCUT2D eigenvalue weighted by Crippen LogP contribution is 2.33. The van der Waals surface area contributed by atoms with Crippen LogP contribution in [0.15, 0.2) is 0 Å². The van der Waals surface area contributed by atoms with Gasteiger partial charge in [0.05, 0.1) is 0 Å². The predicted molar refractivity (Wildman–Crippen MR) is 38.2 cm³/mol. The zero-order valence-corrected chi connectivity index (χ0v) is 6.14. The van der Waals surface area contributed by atoms with E-state index in [0.29, 0.717) is 12.5 Å². The van der Waals surface area contributed by atoms with Crippen molar-refractivity contribution in [3.8, 4) is 0 Å². The SMILES string of the molecule is CCC1CCC[C@H]1CO. The van der Waals surface area contributed by atoms with Crippen LogP contribution in [0.1, 0.15) is 32.6 Å². The maximum atomic E-state index is 8.87. The van der Waals surface area contributed by atoms with Crippen LogP contribution in [0.25, 0.3) is 0 Å². The van der Waals surface area contributed by atoms with Gasteiger partial charge in [-0.2, -0.15) is 0 Å². The summed E-state index contributed by atoms with van der Waals surface area (Å²) in [6.07, 6.45) is 5.20. The maximum absolute atomic E-state index is 8.87. The molecule has 54 valence electrons. The summed E-state index contributed by atoms with van der Waals surface area (Å²) in [4.78, 5) is 0. The van der Waals surface area contributed by atoms with Gasteiger partial charge in [-0.1, -0.05) is 26.2 Å². The Balaban J connectivity index is 2.32. The molecule has 0 aliphatic heterocycles. The third-order valence-electron chi connectivity index (χ3n) is 2.58. The molecule has 1 nitrogen and oxygen atoms in total. The zero-order chi connectivity index (χ0) is 6.69. The molecule has 0 spiro atoms. The number of aliphatic hydroxyl groups is 1. The van der Waals surface area contributed by atoms with Gasteiger partial charge in [-0.3, -0.25) is 0 Å². The molecule has 1 heteroatoms. The highest BCUT2D eigenvalue weighted by atomic mass is 16.3. The summed E-state index contributed by atoms with van der Waals surface area (Å²) in [6, 6.07) is 0. The smallest absolute Gasteiger partial charge is 0.0461 e. The fourth-order valence-corrected chi connectivity index (χ4v) is 1.89. The Kier molecular flexibility index (Phi) is 2.52. The summed E-state index contributed by atoms with van der Waals surface area (Å²) in [7, 11) is 0. The van der Waals surface area contributed by atoms with Crippen LogP contribution in [0, 0.1) is 11.8 Å². The molecular weight excluding hydrogens is 112 g/mol. The van der Waals surface area contributed by atoms with E-state index in [1.807, 2.05) is 0 Å². The lowest BCUT2D eigenvalue weighted by atomic mass is 9.95. The fraction of sp³-hybridized carbons (Fsp3) is 1.00. The first-order valence-corrected chi connectivity index (χ1v) is 3.99. The Hall–Kier alpha value is -0.0400. The molecular formula is C8H16O. The largest absolute Gasteiger partial charge is 0.396 e. The molecule has 0 heterocycles. The van der Waals surface area contributed by atoms with E-state index in [2.05, 4.69) is 6.92 Å². The van der Waals surface area contributed by atoms with Gasteiger partial charge < -0.3 is 5.11 Å². The first-order valence-electron chi connectivity index (χ1n) is 3.99. The van der Waals surface area contributed by atoms with Crippen LogP contribution in [-0.4, -0.2) is 11.7 Å². The molecule has 1 aliphatic carbocycles. The van der Waals surface area contributed by atoms with Gasteiger partial charge in [-0.15, -0.1) is 0 Å². The summed E-state index contributed by atoms with van der Waals surface area (Å²) >= 11 is 0. The molecule has 0 aromatic heterocycles. The Morgan fingerprint density at radius 3 is 2.44 bits per heavy atom. The quantitative estimate of drug-likeness (QED) is 0.601. The molecule has 0 aromatic carbocycles. The van der Waals surface area contributed by atoms with Crippen LogP contribution >= 0.6 is 0 Å². The van der Waals surface area contributed by atoms with Crippen molar-refractivity contribution in [3.05, 3.63) is 0 Å².